The fraction of sp³-hybridized carbons (Fsp3) is 0.621. The van der Waals surface area contributed by atoms with Gasteiger partial charge in [0.2, 0.25) is 5.91 Å². The van der Waals surface area contributed by atoms with Gasteiger partial charge in [-0.3, -0.25) is 9.69 Å². The zero-order chi connectivity index (χ0) is 27.6. The third kappa shape index (κ3) is 6.42. The number of aromatic nitrogens is 2. The molecule has 10 heteroatoms. The van der Waals surface area contributed by atoms with Crippen LogP contribution in [0.5, 0.6) is 0 Å². The Morgan fingerprint density at radius 2 is 1.72 bits per heavy atom. The highest BCUT2D eigenvalue weighted by molar-refractivity contribution is 5.84. The number of anilines is 3. The molecule has 1 amide bonds. The minimum Gasteiger partial charge on any atom is -0.370 e. The Morgan fingerprint density at radius 3 is 2.44 bits per heavy atom. The quantitative estimate of drug-likeness (QED) is 0.545. The Morgan fingerprint density at radius 1 is 0.974 bits per heavy atom. The molecule has 39 heavy (non-hydrogen) atoms. The molecule has 0 atom stereocenters. The number of halogens is 2. The molecule has 3 saturated heterocycles. The summed E-state index contributed by atoms with van der Waals surface area (Å²) >= 11 is 0. The van der Waals surface area contributed by atoms with E-state index in [2.05, 4.69) is 51.2 Å². The number of piperazine rings is 1. The van der Waals surface area contributed by atoms with Crippen LogP contribution in [0, 0.1) is 17.0 Å². The zero-order valence-corrected chi connectivity index (χ0v) is 23.4. The second-order valence-electron chi connectivity index (χ2n) is 12.2. The number of hydrogen-bond donors (Lipinski definition) is 2. The van der Waals surface area contributed by atoms with E-state index >= 15 is 8.78 Å². The Kier molecular flexibility index (Phi) is 7.94. The van der Waals surface area contributed by atoms with E-state index in [-0.39, 0.29) is 18.1 Å². The molecule has 0 radical (unpaired) electrons. The molecule has 1 aromatic carbocycles. The Labute approximate surface area is 230 Å². The first kappa shape index (κ1) is 27.6. The van der Waals surface area contributed by atoms with Gasteiger partial charge < -0.3 is 20.4 Å². The van der Waals surface area contributed by atoms with Crippen LogP contribution in [-0.4, -0.2) is 72.1 Å². The van der Waals surface area contributed by atoms with Crippen LogP contribution in [0.15, 0.2) is 24.5 Å². The molecule has 212 valence electrons. The van der Waals surface area contributed by atoms with Gasteiger partial charge >= 0.3 is 0 Å². The van der Waals surface area contributed by atoms with Crippen LogP contribution in [0.2, 0.25) is 0 Å². The lowest BCUT2D eigenvalue weighted by Gasteiger charge is -2.48. The third-order valence-electron chi connectivity index (χ3n) is 8.55. The van der Waals surface area contributed by atoms with Gasteiger partial charge in [-0.2, -0.15) is 0 Å². The van der Waals surface area contributed by atoms with E-state index in [4.69, 9.17) is 0 Å². The molecule has 3 fully saturated rings. The lowest BCUT2D eigenvalue weighted by molar-refractivity contribution is -0.123. The van der Waals surface area contributed by atoms with E-state index in [1.807, 2.05) is 6.07 Å². The lowest BCUT2D eigenvalue weighted by atomic mass is 9.82. The highest BCUT2D eigenvalue weighted by atomic mass is 19.1. The SMILES string of the molecule is CCCNc1cc(N2CCC3(CC2)CN(c2cc(F)c(CN4CCC(C)(C)CC4)cc2F)CC(=O)N3)ncn1. The smallest absolute Gasteiger partial charge is 0.240 e. The summed E-state index contributed by atoms with van der Waals surface area (Å²) in [4.78, 5) is 27.6. The molecule has 0 bridgehead atoms. The zero-order valence-electron chi connectivity index (χ0n) is 23.4. The number of likely N-dealkylation sites (tertiary alicyclic amines) is 1. The van der Waals surface area contributed by atoms with Gasteiger partial charge in [-0.15, -0.1) is 0 Å². The minimum absolute atomic E-state index is 0.0146. The first-order valence-corrected chi connectivity index (χ1v) is 14.2. The first-order chi connectivity index (χ1) is 18.7. The van der Waals surface area contributed by atoms with Crippen LogP contribution in [0.1, 0.15) is 58.4 Å². The highest BCUT2D eigenvalue weighted by Crippen LogP contribution is 2.34. The molecule has 2 aromatic rings. The molecule has 0 saturated carbocycles. The van der Waals surface area contributed by atoms with Gasteiger partial charge in [0.05, 0.1) is 17.8 Å². The van der Waals surface area contributed by atoms with E-state index in [0.717, 1.165) is 50.5 Å². The van der Waals surface area contributed by atoms with Gasteiger partial charge in [0.15, 0.2) is 0 Å². The summed E-state index contributed by atoms with van der Waals surface area (Å²) in [6, 6.07) is 4.56. The maximum absolute atomic E-state index is 15.4. The van der Waals surface area contributed by atoms with Crippen molar-refractivity contribution in [1.82, 2.24) is 20.2 Å². The standard InChI is InChI=1S/C29H41F2N7O/c1-4-9-32-25-16-26(34-20-33-25)37-12-7-29(8-13-37)19-38(18-27(39)35-29)24-15-22(30)21(14-23(24)31)17-36-10-5-28(2,3)6-11-36/h14-16,20H,4-13,17-19H2,1-3H3,(H,35,39)(H,32,33,34). The molecule has 0 aliphatic carbocycles. The van der Waals surface area contributed by atoms with E-state index in [9.17, 15) is 4.79 Å². The molecule has 3 aliphatic rings. The van der Waals surface area contributed by atoms with E-state index in [1.165, 1.54) is 12.1 Å². The summed E-state index contributed by atoms with van der Waals surface area (Å²) in [6.45, 7) is 11.5. The fourth-order valence-electron chi connectivity index (χ4n) is 5.95. The number of rotatable bonds is 7. The Bertz CT molecular complexity index is 1170. The molecule has 3 aliphatic heterocycles. The number of hydrogen-bond acceptors (Lipinski definition) is 7. The van der Waals surface area contributed by atoms with E-state index in [1.54, 1.807) is 11.2 Å². The van der Waals surface area contributed by atoms with Gasteiger partial charge in [0.25, 0.3) is 0 Å². The Balaban J connectivity index is 1.25. The highest BCUT2D eigenvalue weighted by Gasteiger charge is 2.42. The lowest BCUT2D eigenvalue weighted by Crippen LogP contribution is -2.66. The summed E-state index contributed by atoms with van der Waals surface area (Å²) in [5.74, 6) is 0.590. The van der Waals surface area contributed by atoms with Crippen molar-refractivity contribution in [3.05, 3.63) is 41.7 Å². The number of carbonyl (C=O) groups excluding carboxylic acids is 1. The summed E-state index contributed by atoms with van der Waals surface area (Å²) in [6.07, 6.45) is 6.03. The van der Waals surface area contributed by atoms with Gasteiger partial charge in [-0.25, -0.2) is 18.7 Å². The topological polar surface area (TPSA) is 76.6 Å². The molecular formula is C29H41F2N7O. The number of amides is 1. The molecule has 5 rings (SSSR count). The average molecular weight is 542 g/mol. The third-order valence-corrected chi connectivity index (χ3v) is 8.55. The minimum atomic E-state index is -0.496. The second-order valence-corrected chi connectivity index (χ2v) is 12.2. The van der Waals surface area contributed by atoms with E-state index in [0.29, 0.717) is 50.0 Å². The van der Waals surface area contributed by atoms with Crippen LogP contribution in [-0.2, 0) is 11.3 Å². The Hall–Kier alpha value is -3.01. The first-order valence-electron chi connectivity index (χ1n) is 14.2. The number of nitrogens with zero attached hydrogens (tertiary/aromatic N) is 5. The van der Waals surface area contributed by atoms with Crippen molar-refractivity contribution < 1.29 is 13.6 Å². The maximum atomic E-state index is 15.4. The predicted molar refractivity (Wildman–Crippen MR) is 150 cm³/mol. The molecule has 8 nitrogen and oxygen atoms in total. The van der Waals surface area contributed by atoms with Crippen molar-refractivity contribution in [3.8, 4) is 0 Å². The largest absolute Gasteiger partial charge is 0.370 e. The summed E-state index contributed by atoms with van der Waals surface area (Å²) in [5.41, 5.74) is 0.340. The van der Waals surface area contributed by atoms with Crippen molar-refractivity contribution in [2.75, 3.05) is 60.9 Å². The van der Waals surface area contributed by atoms with Crippen LogP contribution in [0.25, 0.3) is 0 Å². The van der Waals surface area contributed by atoms with Crippen LogP contribution in [0.4, 0.5) is 26.1 Å². The van der Waals surface area contributed by atoms with Gasteiger partial charge in [0, 0.05) is 50.4 Å². The summed E-state index contributed by atoms with van der Waals surface area (Å²) < 4.78 is 30.6. The molecule has 1 spiro atoms. The maximum Gasteiger partial charge on any atom is 0.240 e. The van der Waals surface area contributed by atoms with Crippen molar-refractivity contribution in [2.45, 2.75) is 65.0 Å². The average Bonchev–Trinajstić information content (AvgIpc) is 2.90. The normalized spacial score (nSPS) is 21.2. The summed E-state index contributed by atoms with van der Waals surface area (Å²) in [7, 11) is 0. The van der Waals surface area contributed by atoms with E-state index < -0.39 is 17.2 Å². The monoisotopic (exact) mass is 541 g/mol. The van der Waals surface area contributed by atoms with Crippen molar-refractivity contribution in [2.24, 2.45) is 5.41 Å². The van der Waals surface area contributed by atoms with Gasteiger partial charge in [-0.1, -0.05) is 20.8 Å². The number of carbonyl (C=O) groups is 1. The molecule has 2 N–H and O–H groups in total. The van der Waals surface area contributed by atoms with Crippen molar-refractivity contribution in [1.29, 1.82) is 0 Å². The number of benzene rings is 1. The van der Waals surface area contributed by atoms with Crippen LogP contribution >= 0.6 is 0 Å². The fourth-order valence-corrected chi connectivity index (χ4v) is 5.95. The van der Waals surface area contributed by atoms with Crippen LogP contribution in [0.3, 0.4) is 0 Å². The number of piperidine rings is 2. The molecule has 0 unspecified atom stereocenters. The molecule has 4 heterocycles. The van der Waals surface area contributed by atoms with Crippen molar-refractivity contribution >= 4 is 23.2 Å². The summed E-state index contributed by atoms with van der Waals surface area (Å²) in [5, 5.41) is 6.46. The van der Waals surface area contributed by atoms with Gasteiger partial charge in [-0.05, 0) is 56.7 Å². The van der Waals surface area contributed by atoms with Gasteiger partial charge in [0.1, 0.15) is 29.6 Å². The molecule has 1 aromatic heterocycles. The second kappa shape index (κ2) is 11.2. The predicted octanol–water partition coefficient (Wildman–Crippen LogP) is 4.17. The van der Waals surface area contributed by atoms with Crippen LogP contribution < -0.4 is 20.4 Å². The van der Waals surface area contributed by atoms with Crippen molar-refractivity contribution in [3.63, 3.8) is 0 Å². The molecular weight excluding hydrogens is 500 g/mol. The number of nitrogens with one attached hydrogen (secondary N) is 2.